The molecular weight excluding hydrogens is 263 g/mol. The zero-order valence-corrected chi connectivity index (χ0v) is 11.0. The van der Waals surface area contributed by atoms with Gasteiger partial charge in [-0.15, -0.1) is 0 Å². The number of fused-ring (bicyclic) bond motifs is 1. The predicted octanol–water partition coefficient (Wildman–Crippen LogP) is 4.19. The average Bonchev–Trinajstić information content (AvgIpc) is 2.83. The van der Waals surface area contributed by atoms with E-state index in [2.05, 4.69) is 10.3 Å². The molecular formula is C14H11FN2OS. The molecule has 0 unspecified atom stereocenters. The molecule has 1 aromatic heterocycles. The van der Waals surface area contributed by atoms with Gasteiger partial charge in [0.25, 0.3) is 0 Å². The molecule has 0 spiro atoms. The van der Waals surface area contributed by atoms with Crippen LogP contribution in [0.1, 0.15) is 0 Å². The highest BCUT2D eigenvalue weighted by atomic mass is 32.1. The quantitative estimate of drug-likeness (QED) is 0.777. The summed E-state index contributed by atoms with van der Waals surface area (Å²) in [6.45, 7) is 0. The lowest BCUT2D eigenvalue weighted by atomic mass is 10.3. The van der Waals surface area contributed by atoms with Gasteiger partial charge < -0.3 is 10.1 Å². The lowest BCUT2D eigenvalue weighted by molar-refractivity contribution is 0.387. The monoisotopic (exact) mass is 274 g/mol. The second kappa shape index (κ2) is 4.85. The fraction of sp³-hybridized carbons (Fsp3) is 0.0714. The maximum Gasteiger partial charge on any atom is 0.188 e. The molecule has 2 aromatic carbocycles. The predicted molar refractivity (Wildman–Crippen MR) is 75.9 cm³/mol. The smallest absolute Gasteiger partial charge is 0.188 e. The van der Waals surface area contributed by atoms with Gasteiger partial charge in [-0.25, -0.2) is 9.37 Å². The maximum absolute atomic E-state index is 13.3. The van der Waals surface area contributed by atoms with Gasteiger partial charge in [0.2, 0.25) is 0 Å². The maximum atomic E-state index is 13.3. The van der Waals surface area contributed by atoms with Gasteiger partial charge in [0.05, 0.1) is 17.3 Å². The molecule has 0 aliphatic heterocycles. The van der Waals surface area contributed by atoms with Crippen LogP contribution in [0.3, 0.4) is 0 Å². The van der Waals surface area contributed by atoms with E-state index in [1.54, 1.807) is 23.5 Å². The van der Waals surface area contributed by atoms with E-state index in [-0.39, 0.29) is 11.6 Å². The highest BCUT2D eigenvalue weighted by Crippen LogP contribution is 2.29. The van der Waals surface area contributed by atoms with Crippen LogP contribution in [0.4, 0.5) is 15.2 Å². The average molecular weight is 274 g/mol. The van der Waals surface area contributed by atoms with Gasteiger partial charge in [0.1, 0.15) is 0 Å². The highest BCUT2D eigenvalue weighted by Gasteiger charge is 2.06. The molecule has 0 saturated carbocycles. The van der Waals surface area contributed by atoms with E-state index >= 15 is 0 Å². The summed E-state index contributed by atoms with van der Waals surface area (Å²) in [4.78, 5) is 4.46. The van der Waals surface area contributed by atoms with E-state index in [1.165, 1.54) is 13.2 Å². The number of aromatic nitrogens is 1. The molecule has 0 atom stereocenters. The summed E-state index contributed by atoms with van der Waals surface area (Å²) in [5, 5.41) is 3.93. The van der Waals surface area contributed by atoms with Crippen molar-refractivity contribution in [1.82, 2.24) is 4.98 Å². The molecule has 3 rings (SSSR count). The minimum absolute atomic E-state index is 0.214. The first-order valence-corrected chi connectivity index (χ1v) is 6.54. The van der Waals surface area contributed by atoms with E-state index in [4.69, 9.17) is 4.74 Å². The zero-order chi connectivity index (χ0) is 13.2. The van der Waals surface area contributed by atoms with Gasteiger partial charge in [-0.3, -0.25) is 0 Å². The van der Waals surface area contributed by atoms with Crippen LogP contribution in [-0.4, -0.2) is 12.1 Å². The van der Waals surface area contributed by atoms with Crippen LogP contribution >= 0.6 is 11.3 Å². The molecule has 0 fully saturated rings. The Bertz CT molecular complexity index is 693. The standard InChI is InChI=1S/C14H11FN2OS/c1-18-12-8-9(6-7-10(12)15)16-14-17-11-4-2-3-5-13(11)19-14/h2-8H,1H3,(H,16,17). The van der Waals surface area contributed by atoms with Crippen molar-refractivity contribution in [2.24, 2.45) is 0 Å². The van der Waals surface area contributed by atoms with Crippen molar-refractivity contribution in [2.75, 3.05) is 12.4 Å². The summed E-state index contributed by atoms with van der Waals surface area (Å²) in [5.74, 6) is -0.163. The largest absolute Gasteiger partial charge is 0.494 e. The number of rotatable bonds is 3. The van der Waals surface area contributed by atoms with E-state index in [0.29, 0.717) is 0 Å². The fourth-order valence-corrected chi connectivity index (χ4v) is 2.67. The number of thiazole rings is 1. The SMILES string of the molecule is COc1cc(Nc2nc3ccccc3s2)ccc1F. The number of nitrogens with zero attached hydrogens (tertiary/aromatic N) is 1. The first-order chi connectivity index (χ1) is 9.26. The third-order valence-electron chi connectivity index (χ3n) is 2.70. The Kier molecular flexibility index (Phi) is 3.05. The van der Waals surface area contributed by atoms with Crippen LogP contribution in [0.5, 0.6) is 5.75 Å². The van der Waals surface area contributed by atoms with Crippen molar-refractivity contribution in [3.8, 4) is 5.75 Å². The number of benzene rings is 2. The first kappa shape index (κ1) is 11.9. The van der Waals surface area contributed by atoms with Crippen molar-refractivity contribution >= 4 is 32.4 Å². The molecule has 0 amide bonds. The van der Waals surface area contributed by atoms with E-state index in [1.807, 2.05) is 24.3 Å². The normalized spacial score (nSPS) is 10.6. The van der Waals surface area contributed by atoms with Crippen LogP contribution in [0.2, 0.25) is 0 Å². The Morgan fingerprint density at radius 2 is 2.05 bits per heavy atom. The number of hydrogen-bond donors (Lipinski definition) is 1. The van der Waals surface area contributed by atoms with Crippen LogP contribution < -0.4 is 10.1 Å². The van der Waals surface area contributed by atoms with Crippen molar-refractivity contribution < 1.29 is 9.13 Å². The van der Waals surface area contributed by atoms with E-state index in [9.17, 15) is 4.39 Å². The second-order valence-corrected chi connectivity index (χ2v) is 4.99. The molecule has 3 nitrogen and oxygen atoms in total. The molecule has 0 aliphatic carbocycles. The van der Waals surface area contributed by atoms with Gasteiger partial charge in [-0.1, -0.05) is 23.5 Å². The fourth-order valence-electron chi connectivity index (χ4n) is 1.79. The van der Waals surface area contributed by atoms with E-state index < -0.39 is 0 Å². The third kappa shape index (κ3) is 2.37. The Morgan fingerprint density at radius 3 is 2.84 bits per heavy atom. The molecule has 1 heterocycles. The van der Waals surface area contributed by atoms with Crippen molar-refractivity contribution in [1.29, 1.82) is 0 Å². The van der Waals surface area contributed by atoms with Crippen LogP contribution in [0, 0.1) is 5.82 Å². The number of nitrogens with one attached hydrogen (secondary N) is 1. The summed E-state index contributed by atoms with van der Waals surface area (Å²) < 4.78 is 19.4. The highest BCUT2D eigenvalue weighted by molar-refractivity contribution is 7.22. The summed E-state index contributed by atoms with van der Waals surface area (Å²) in [6.07, 6.45) is 0. The topological polar surface area (TPSA) is 34.1 Å². The summed E-state index contributed by atoms with van der Waals surface area (Å²) in [6, 6.07) is 12.5. The Hall–Kier alpha value is -2.14. The molecule has 0 aliphatic rings. The van der Waals surface area contributed by atoms with Gasteiger partial charge in [0.15, 0.2) is 16.7 Å². The van der Waals surface area contributed by atoms with Crippen LogP contribution in [0.15, 0.2) is 42.5 Å². The Morgan fingerprint density at radius 1 is 1.21 bits per heavy atom. The molecule has 0 saturated heterocycles. The van der Waals surface area contributed by atoms with E-state index in [0.717, 1.165) is 21.0 Å². The summed E-state index contributed by atoms with van der Waals surface area (Å²) in [5.41, 5.74) is 1.70. The first-order valence-electron chi connectivity index (χ1n) is 5.72. The lowest BCUT2D eigenvalue weighted by Gasteiger charge is -2.06. The number of anilines is 2. The second-order valence-electron chi connectivity index (χ2n) is 3.96. The zero-order valence-electron chi connectivity index (χ0n) is 10.2. The molecule has 96 valence electrons. The minimum Gasteiger partial charge on any atom is -0.494 e. The Labute approximate surface area is 113 Å². The number of hydrogen-bond acceptors (Lipinski definition) is 4. The van der Waals surface area contributed by atoms with Crippen LogP contribution in [-0.2, 0) is 0 Å². The van der Waals surface area contributed by atoms with Gasteiger partial charge in [-0.05, 0) is 24.3 Å². The van der Waals surface area contributed by atoms with Gasteiger partial charge in [0, 0.05) is 11.8 Å². The van der Waals surface area contributed by atoms with Crippen molar-refractivity contribution in [3.63, 3.8) is 0 Å². The number of para-hydroxylation sites is 1. The van der Waals surface area contributed by atoms with Gasteiger partial charge in [-0.2, -0.15) is 0 Å². The van der Waals surface area contributed by atoms with Crippen LogP contribution in [0.25, 0.3) is 10.2 Å². The number of ether oxygens (including phenoxy) is 1. The molecule has 0 radical (unpaired) electrons. The Balaban J connectivity index is 1.92. The third-order valence-corrected chi connectivity index (χ3v) is 3.65. The summed E-state index contributed by atoms with van der Waals surface area (Å²) in [7, 11) is 1.44. The van der Waals surface area contributed by atoms with Crippen molar-refractivity contribution in [2.45, 2.75) is 0 Å². The number of halogens is 1. The summed E-state index contributed by atoms with van der Waals surface area (Å²) >= 11 is 1.55. The molecule has 19 heavy (non-hydrogen) atoms. The molecule has 0 bridgehead atoms. The molecule has 3 aromatic rings. The molecule has 1 N–H and O–H groups in total. The van der Waals surface area contributed by atoms with Crippen molar-refractivity contribution in [3.05, 3.63) is 48.3 Å². The lowest BCUT2D eigenvalue weighted by Crippen LogP contribution is -1.92. The minimum atomic E-state index is -0.377. The molecule has 5 heteroatoms. The van der Waals surface area contributed by atoms with Gasteiger partial charge >= 0.3 is 0 Å². The number of methoxy groups -OCH3 is 1.